The topological polar surface area (TPSA) is 42.2 Å². The van der Waals surface area contributed by atoms with Crippen LogP contribution in [0.15, 0.2) is 22.6 Å². The molecular weight excluding hydrogens is 250 g/mol. The van der Waals surface area contributed by atoms with Crippen LogP contribution in [0.3, 0.4) is 0 Å². The Balaban J connectivity index is 1.51. The molecule has 2 fully saturated rings. The second kappa shape index (κ2) is 5.47. The smallest absolute Gasteiger partial charge is 0.244 e. The van der Waals surface area contributed by atoms with E-state index < -0.39 is 0 Å². The Morgan fingerprint density at radius 3 is 2.75 bits per heavy atom. The first-order chi connectivity index (χ1) is 9.61. The summed E-state index contributed by atoms with van der Waals surface area (Å²) in [6, 6.07) is 4.33. The SMILES string of the molecule is CC1CCC(NC(=O)/C=C/c2ccc(C3CC3C)o2)C1. The Morgan fingerprint density at radius 1 is 1.30 bits per heavy atom. The summed E-state index contributed by atoms with van der Waals surface area (Å²) in [5.41, 5.74) is 0. The second-order valence-corrected chi connectivity index (χ2v) is 6.52. The van der Waals surface area contributed by atoms with Crippen molar-refractivity contribution in [1.82, 2.24) is 5.32 Å². The van der Waals surface area contributed by atoms with Gasteiger partial charge in [-0.05, 0) is 55.7 Å². The predicted octanol–water partition coefficient (Wildman–Crippen LogP) is 3.72. The van der Waals surface area contributed by atoms with Gasteiger partial charge in [0.25, 0.3) is 0 Å². The molecule has 0 bridgehead atoms. The van der Waals surface area contributed by atoms with Crippen LogP contribution >= 0.6 is 0 Å². The molecule has 0 radical (unpaired) electrons. The van der Waals surface area contributed by atoms with Gasteiger partial charge in [-0.1, -0.05) is 13.8 Å². The van der Waals surface area contributed by atoms with E-state index >= 15 is 0 Å². The van der Waals surface area contributed by atoms with E-state index in [1.165, 1.54) is 12.8 Å². The number of hydrogen-bond acceptors (Lipinski definition) is 2. The highest BCUT2D eigenvalue weighted by molar-refractivity contribution is 5.91. The van der Waals surface area contributed by atoms with Crippen LogP contribution in [0.2, 0.25) is 0 Å². The molecule has 0 saturated heterocycles. The second-order valence-electron chi connectivity index (χ2n) is 6.52. The summed E-state index contributed by atoms with van der Waals surface area (Å²) in [5, 5.41) is 3.06. The molecule has 2 saturated carbocycles. The first-order valence-corrected chi connectivity index (χ1v) is 7.70. The van der Waals surface area contributed by atoms with Gasteiger partial charge in [0.15, 0.2) is 0 Å². The highest BCUT2D eigenvalue weighted by Crippen LogP contribution is 2.47. The summed E-state index contributed by atoms with van der Waals surface area (Å²) in [6.07, 6.45) is 7.99. The molecule has 3 rings (SSSR count). The van der Waals surface area contributed by atoms with E-state index in [9.17, 15) is 4.79 Å². The summed E-state index contributed by atoms with van der Waals surface area (Å²) in [7, 11) is 0. The maximum Gasteiger partial charge on any atom is 0.244 e. The van der Waals surface area contributed by atoms with Crippen molar-refractivity contribution < 1.29 is 9.21 Å². The van der Waals surface area contributed by atoms with Crippen LogP contribution in [0.1, 0.15) is 57.0 Å². The van der Waals surface area contributed by atoms with Crippen molar-refractivity contribution in [3.8, 4) is 0 Å². The van der Waals surface area contributed by atoms with Crippen LogP contribution in [0.4, 0.5) is 0 Å². The third-order valence-corrected chi connectivity index (χ3v) is 4.56. The fourth-order valence-electron chi connectivity index (χ4n) is 3.12. The van der Waals surface area contributed by atoms with Gasteiger partial charge in [-0.2, -0.15) is 0 Å². The molecule has 1 amide bonds. The molecule has 0 aromatic carbocycles. The number of nitrogens with one attached hydrogen (secondary N) is 1. The van der Waals surface area contributed by atoms with E-state index in [2.05, 4.69) is 19.2 Å². The number of carbonyl (C=O) groups excluding carboxylic acids is 1. The largest absolute Gasteiger partial charge is 0.461 e. The molecule has 3 nitrogen and oxygen atoms in total. The van der Waals surface area contributed by atoms with Crippen molar-refractivity contribution in [3.63, 3.8) is 0 Å². The van der Waals surface area contributed by atoms with Gasteiger partial charge in [0.2, 0.25) is 5.91 Å². The van der Waals surface area contributed by atoms with Gasteiger partial charge >= 0.3 is 0 Å². The number of furan rings is 1. The van der Waals surface area contributed by atoms with E-state index in [0.717, 1.165) is 36.2 Å². The minimum Gasteiger partial charge on any atom is -0.461 e. The lowest BCUT2D eigenvalue weighted by molar-refractivity contribution is -0.117. The van der Waals surface area contributed by atoms with Crippen LogP contribution in [0, 0.1) is 11.8 Å². The molecule has 108 valence electrons. The Morgan fingerprint density at radius 2 is 2.10 bits per heavy atom. The van der Waals surface area contributed by atoms with Gasteiger partial charge in [-0.25, -0.2) is 0 Å². The van der Waals surface area contributed by atoms with E-state index in [0.29, 0.717) is 12.0 Å². The Labute approximate surface area is 120 Å². The quantitative estimate of drug-likeness (QED) is 0.849. The zero-order valence-corrected chi connectivity index (χ0v) is 12.3. The molecule has 20 heavy (non-hydrogen) atoms. The first-order valence-electron chi connectivity index (χ1n) is 7.70. The number of amides is 1. The highest BCUT2D eigenvalue weighted by Gasteiger charge is 2.36. The maximum absolute atomic E-state index is 11.8. The molecule has 1 heterocycles. The lowest BCUT2D eigenvalue weighted by Gasteiger charge is -2.09. The third-order valence-electron chi connectivity index (χ3n) is 4.56. The minimum absolute atomic E-state index is 0.0122. The average Bonchev–Trinajstić information content (AvgIpc) is 2.82. The molecule has 3 heteroatoms. The van der Waals surface area contributed by atoms with E-state index in [1.54, 1.807) is 12.2 Å². The normalized spacial score (nSPS) is 32.7. The number of hydrogen-bond donors (Lipinski definition) is 1. The van der Waals surface area contributed by atoms with Crippen molar-refractivity contribution in [3.05, 3.63) is 29.7 Å². The number of carbonyl (C=O) groups is 1. The van der Waals surface area contributed by atoms with Gasteiger partial charge in [-0.3, -0.25) is 4.79 Å². The number of rotatable bonds is 4. The van der Waals surface area contributed by atoms with Gasteiger partial charge in [0.05, 0.1) is 0 Å². The monoisotopic (exact) mass is 273 g/mol. The van der Waals surface area contributed by atoms with Crippen LogP contribution in [0.25, 0.3) is 6.08 Å². The van der Waals surface area contributed by atoms with Crippen molar-refractivity contribution in [2.45, 2.75) is 51.5 Å². The summed E-state index contributed by atoms with van der Waals surface area (Å²) >= 11 is 0. The summed E-state index contributed by atoms with van der Waals surface area (Å²) in [4.78, 5) is 11.8. The zero-order valence-electron chi connectivity index (χ0n) is 12.3. The average molecular weight is 273 g/mol. The maximum atomic E-state index is 11.8. The highest BCUT2D eigenvalue weighted by atomic mass is 16.3. The van der Waals surface area contributed by atoms with Gasteiger partial charge in [0.1, 0.15) is 11.5 Å². The van der Waals surface area contributed by atoms with Gasteiger partial charge < -0.3 is 9.73 Å². The molecule has 1 aromatic heterocycles. The lowest BCUT2D eigenvalue weighted by Crippen LogP contribution is -2.31. The molecular formula is C17H23NO2. The fraction of sp³-hybridized carbons (Fsp3) is 0.588. The van der Waals surface area contributed by atoms with Crippen LogP contribution < -0.4 is 5.32 Å². The molecule has 0 spiro atoms. The van der Waals surface area contributed by atoms with Crippen molar-refractivity contribution in [2.24, 2.45) is 11.8 Å². The van der Waals surface area contributed by atoms with Gasteiger partial charge in [0, 0.05) is 18.0 Å². The summed E-state index contributed by atoms with van der Waals surface area (Å²) in [5.74, 6) is 3.88. The molecule has 1 aromatic rings. The van der Waals surface area contributed by atoms with E-state index in [1.807, 2.05) is 12.1 Å². The van der Waals surface area contributed by atoms with E-state index in [-0.39, 0.29) is 5.91 Å². The third kappa shape index (κ3) is 3.14. The van der Waals surface area contributed by atoms with Crippen LogP contribution in [-0.4, -0.2) is 11.9 Å². The predicted molar refractivity (Wildman–Crippen MR) is 79.2 cm³/mol. The Kier molecular flexibility index (Phi) is 3.68. The molecule has 1 N–H and O–H groups in total. The van der Waals surface area contributed by atoms with Crippen LogP contribution in [0.5, 0.6) is 0 Å². The Hall–Kier alpha value is -1.51. The molecule has 4 atom stereocenters. The first kappa shape index (κ1) is 13.5. The van der Waals surface area contributed by atoms with Crippen molar-refractivity contribution >= 4 is 12.0 Å². The summed E-state index contributed by atoms with van der Waals surface area (Å²) < 4.78 is 5.75. The minimum atomic E-state index is -0.0122. The van der Waals surface area contributed by atoms with Gasteiger partial charge in [-0.15, -0.1) is 0 Å². The standard InChI is InChI=1S/C17H23NO2/c1-11-3-4-13(9-11)18-17(19)8-6-14-5-7-16(20-14)15-10-12(15)2/h5-8,11-13,15H,3-4,9-10H2,1-2H3,(H,18,19)/b8-6+. The van der Waals surface area contributed by atoms with Crippen molar-refractivity contribution in [1.29, 1.82) is 0 Å². The zero-order chi connectivity index (χ0) is 14.1. The van der Waals surface area contributed by atoms with Crippen molar-refractivity contribution in [2.75, 3.05) is 0 Å². The summed E-state index contributed by atoms with van der Waals surface area (Å²) in [6.45, 7) is 4.48. The lowest BCUT2D eigenvalue weighted by atomic mass is 10.1. The molecule has 2 aliphatic rings. The van der Waals surface area contributed by atoms with E-state index in [4.69, 9.17) is 4.42 Å². The molecule has 2 aliphatic carbocycles. The van der Waals surface area contributed by atoms with Crippen LogP contribution in [-0.2, 0) is 4.79 Å². The fourth-order valence-corrected chi connectivity index (χ4v) is 3.12. The Bertz CT molecular complexity index is 517. The molecule has 4 unspecified atom stereocenters. The molecule has 0 aliphatic heterocycles.